The predicted octanol–water partition coefficient (Wildman–Crippen LogP) is 3.71. The van der Waals surface area contributed by atoms with Crippen LogP contribution in [0.5, 0.6) is 5.75 Å². The van der Waals surface area contributed by atoms with Crippen molar-refractivity contribution in [2.75, 3.05) is 12.8 Å². The molecule has 0 aliphatic rings. The molecule has 2 rings (SSSR count). The van der Waals surface area contributed by atoms with Crippen molar-refractivity contribution in [3.63, 3.8) is 0 Å². The number of methoxy groups -OCH3 is 1. The number of hydrogen-bond acceptors (Lipinski definition) is 3. The highest BCUT2D eigenvalue weighted by molar-refractivity contribution is 5.98. The minimum Gasteiger partial charge on any atom is -0.496 e. The fourth-order valence-electron chi connectivity index (χ4n) is 2.45. The molecule has 0 radical (unpaired) electrons. The van der Waals surface area contributed by atoms with Crippen LogP contribution in [0.1, 0.15) is 33.5 Å². The fraction of sp³-hybridized carbons (Fsp3) is 0.278. The van der Waals surface area contributed by atoms with Crippen molar-refractivity contribution in [3.05, 3.63) is 58.7 Å². The van der Waals surface area contributed by atoms with Crippen LogP contribution in [-0.4, -0.2) is 12.9 Å². The molecule has 0 heterocycles. The number of hydrogen-bond donors (Lipinski definition) is 1. The first-order valence-electron chi connectivity index (χ1n) is 7.04. The van der Waals surface area contributed by atoms with Gasteiger partial charge in [-0.05, 0) is 61.2 Å². The normalized spacial score (nSPS) is 10.4. The second-order valence-electron chi connectivity index (χ2n) is 5.30. The van der Waals surface area contributed by atoms with Gasteiger partial charge in [-0.25, -0.2) is 0 Å². The Hall–Kier alpha value is -2.29. The molecule has 0 spiro atoms. The summed E-state index contributed by atoms with van der Waals surface area (Å²) < 4.78 is 5.28. The first kappa shape index (κ1) is 15.1. The summed E-state index contributed by atoms with van der Waals surface area (Å²) >= 11 is 0. The van der Waals surface area contributed by atoms with E-state index in [4.69, 9.17) is 10.5 Å². The van der Waals surface area contributed by atoms with Gasteiger partial charge in [0, 0.05) is 17.7 Å². The van der Waals surface area contributed by atoms with Crippen molar-refractivity contribution < 1.29 is 9.53 Å². The highest BCUT2D eigenvalue weighted by Gasteiger charge is 2.12. The SMILES string of the molecule is COc1cc(C)c(C(=O)CCc2cccc(N)c2)cc1C. The topological polar surface area (TPSA) is 52.3 Å². The van der Waals surface area contributed by atoms with Crippen LogP contribution >= 0.6 is 0 Å². The molecular weight excluding hydrogens is 262 g/mol. The number of ether oxygens (including phenoxy) is 1. The smallest absolute Gasteiger partial charge is 0.163 e. The van der Waals surface area contributed by atoms with E-state index >= 15 is 0 Å². The molecule has 0 aliphatic heterocycles. The Balaban J connectivity index is 2.12. The number of aryl methyl sites for hydroxylation is 3. The van der Waals surface area contributed by atoms with E-state index in [1.54, 1.807) is 7.11 Å². The van der Waals surface area contributed by atoms with Crippen LogP contribution in [0.25, 0.3) is 0 Å². The van der Waals surface area contributed by atoms with Gasteiger partial charge in [-0.2, -0.15) is 0 Å². The van der Waals surface area contributed by atoms with Gasteiger partial charge in [0.05, 0.1) is 7.11 Å². The lowest BCUT2D eigenvalue weighted by Crippen LogP contribution is -2.05. The first-order valence-corrected chi connectivity index (χ1v) is 7.04. The Labute approximate surface area is 125 Å². The lowest BCUT2D eigenvalue weighted by molar-refractivity contribution is 0.0982. The number of anilines is 1. The van der Waals surface area contributed by atoms with Crippen molar-refractivity contribution in [1.29, 1.82) is 0 Å². The second-order valence-corrected chi connectivity index (χ2v) is 5.30. The van der Waals surface area contributed by atoms with E-state index in [2.05, 4.69) is 0 Å². The van der Waals surface area contributed by atoms with Crippen LogP contribution in [0.2, 0.25) is 0 Å². The number of nitrogens with two attached hydrogens (primary N) is 1. The Morgan fingerprint density at radius 1 is 1.14 bits per heavy atom. The highest BCUT2D eigenvalue weighted by Crippen LogP contribution is 2.24. The molecular formula is C18H21NO2. The number of carbonyl (C=O) groups excluding carboxylic acids is 1. The monoisotopic (exact) mass is 283 g/mol. The third-order valence-electron chi connectivity index (χ3n) is 3.63. The summed E-state index contributed by atoms with van der Waals surface area (Å²) in [5.74, 6) is 0.973. The van der Waals surface area contributed by atoms with Crippen molar-refractivity contribution >= 4 is 11.5 Å². The van der Waals surface area contributed by atoms with Crippen LogP contribution in [-0.2, 0) is 6.42 Å². The summed E-state index contributed by atoms with van der Waals surface area (Å²) in [7, 11) is 1.64. The molecule has 21 heavy (non-hydrogen) atoms. The Morgan fingerprint density at radius 3 is 2.57 bits per heavy atom. The van der Waals surface area contributed by atoms with Gasteiger partial charge in [0.2, 0.25) is 0 Å². The number of ketones is 1. The largest absolute Gasteiger partial charge is 0.496 e. The van der Waals surface area contributed by atoms with Gasteiger partial charge in [0.25, 0.3) is 0 Å². The first-order chi connectivity index (χ1) is 10.0. The van der Waals surface area contributed by atoms with Crippen LogP contribution in [0.3, 0.4) is 0 Å². The Morgan fingerprint density at radius 2 is 1.90 bits per heavy atom. The molecule has 0 fully saturated rings. The molecule has 0 bridgehead atoms. The predicted molar refractivity (Wildman–Crippen MR) is 86.0 cm³/mol. The molecule has 2 aromatic carbocycles. The molecule has 110 valence electrons. The number of carbonyl (C=O) groups is 1. The van der Waals surface area contributed by atoms with Gasteiger partial charge in [-0.1, -0.05) is 12.1 Å². The summed E-state index contributed by atoms with van der Waals surface area (Å²) in [6, 6.07) is 11.5. The molecule has 0 saturated carbocycles. The third kappa shape index (κ3) is 3.63. The van der Waals surface area contributed by atoms with Gasteiger partial charge in [-0.3, -0.25) is 4.79 Å². The van der Waals surface area contributed by atoms with E-state index < -0.39 is 0 Å². The maximum absolute atomic E-state index is 12.4. The van der Waals surface area contributed by atoms with Crippen molar-refractivity contribution in [2.45, 2.75) is 26.7 Å². The summed E-state index contributed by atoms with van der Waals surface area (Å²) in [6.07, 6.45) is 1.18. The zero-order valence-corrected chi connectivity index (χ0v) is 12.8. The average molecular weight is 283 g/mol. The molecule has 3 nitrogen and oxygen atoms in total. The van der Waals surface area contributed by atoms with Crippen LogP contribution in [0, 0.1) is 13.8 Å². The average Bonchev–Trinajstić information content (AvgIpc) is 2.46. The zero-order chi connectivity index (χ0) is 15.4. The quantitative estimate of drug-likeness (QED) is 0.672. The van der Waals surface area contributed by atoms with Crippen molar-refractivity contribution in [3.8, 4) is 5.75 Å². The summed E-state index contributed by atoms with van der Waals surface area (Å²) in [6.45, 7) is 3.89. The third-order valence-corrected chi connectivity index (χ3v) is 3.63. The van der Waals surface area contributed by atoms with E-state index in [1.807, 2.05) is 50.2 Å². The Kier molecular flexibility index (Phi) is 4.63. The van der Waals surface area contributed by atoms with Gasteiger partial charge in [0.1, 0.15) is 5.75 Å². The summed E-state index contributed by atoms with van der Waals surface area (Å²) in [5.41, 5.74) is 10.3. The number of rotatable bonds is 5. The van der Waals surface area contributed by atoms with Gasteiger partial charge in [-0.15, -0.1) is 0 Å². The highest BCUT2D eigenvalue weighted by atomic mass is 16.5. The molecule has 3 heteroatoms. The van der Waals surface area contributed by atoms with E-state index in [0.29, 0.717) is 12.8 Å². The second kappa shape index (κ2) is 6.44. The maximum atomic E-state index is 12.4. The maximum Gasteiger partial charge on any atom is 0.163 e. The fourth-order valence-corrected chi connectivity index (χ4v) is 2.45. The molecule has 0 amide bonds. The molecule has 0 saturated heterocycles. The number of benzene rings is 2. The van der Waals surface area contributed by atoms with Gasteiger partial charge < -0.3 is 10.5 Å². The van der Waals surface area contributed by atoms with E-state index in [0.717, 1.165) is 33.7 Å². The lowest BCUT2D eigenvalue weighted by atomic mass is 9.97. The molecule has 2 N–H and O–H groups in total. The minimum absolute atomic E-state index is 0.153. The van der Waals surface area contributed by atoms with Crippen LogP contribution in [0.4, 0.5) is 5.69 Å². The van der Waals surface area contributed by atoms with Gasteiger partial charge in [0.15, 0.2) is 5.78 Å². The molecule has 0 unspecified atom stereocenters. The van der Waals surface area contributed by atoms with E-state index in [-0.39, 0.29) is 5.78 Å². The molecule has 2 aromatic rings. The van der Waals surface area contributed by atoms with Crippen LogP contribution < -0.4 is 10.5 Å². The van der Waals surface area contributed by atoms with E-state index in [1.165, 1.54) is 0 Å². The molecule has 0 aliphatic carbocycles. The molecule has 0 aromatic heterocycles. The number of nitrogen functional groups attached to an aromatic ring is 1. The lowest BCUT2D eigenvalue weighted by Gasteiger charge is -2.10. The zero-order valence-electron chi connectivity index (χ0n) is 12.8. The van der Waals surface area contributed by atoms with Crippen molar-refractivity contribution in [2.24, 2.45) is 0 Å². The summed E-state index contributed by atoms with van der Waals surface area (Å²) in [4.78, 5) is 12.4. The minimum atomic E-state index is 0.153. The molecule has 0 atom stereocenters. The standard InChI is InChI=1S/C18H21NO2/c1-12-10-18(21-3)13(2)9-16(12)17(20)8-7-14-5-4-6-15(19)11-14/h4-6,9-11H,7-8,19H2,1-3H3. The summed E-state index contributed by atoms with van der Waals surface area (Å²) in [5, 5.41) is 0. The van der Waals surface area contributed by atoms with Gasteiger partial charge >= 0.3 is 0 Å². The Bertz CT molecular complexity index is 662. The van der Waals surface area contributed by atoms with Crippen molar-refractivity contribution in [1.82, 2.24) is 0 Å². The number of Topliss-reactive ketones (excluding diaryl/α,β-unsaturated/α-hetero) is 1. The van der Waals surface area contributed by atoms with E-state index in [9.17, 15) is 4.79 Å². The van der Waals surface area contributed by atoms with Crippen LogP contribution in [0.15, 0.2) is 36.4 Å².